The number of hydrogen-bond donors (Lipinski definition) is 0. The molecule has 6 nitrogen and oxygen atoms in total. The van der Waals surface area contributed by atoms with Crippen molar-refractivity contribution in [1.29, 1.82) is 0 Å². The van der Waals surface area contributed by atoms with Crippen molar-refractivity contribution >= 4 is 40.2 Å². The van der Waals surface area contributed by atoms with Gasteiger partial charge in [0.15, 0.2) is 0 Å². The molecule has 0 radical (unpaired) electrons. The molecule has 1 aromatic heterocycles. The number of morpholine rings is 1. The molecule has 3 heterocycles. The number of aromatic nitrogens is 1. The second-order valence-electron chi connectivity index (χ2n) is 8.52. The maximum absolute atomic E-state index is 6.41. The van der Waals surface area contributed by atoms with Crippen molar-refractivity contribution in [2.75, 3.05) is 55.7 Å². The van der Waals surface area contributed by atoms with Gasteiger partial charge >= 0.3 is 5.89 Å². The molecule has 0 atom stereocenters. The minimum absolute atomic E-state index is 0. The zero-order valence-electron chi connectivity index (χ0n) is 20.3. The summed E-state index contributed by atoms with van der Waals surface area (Å²) in [6, 6.07) is 14.3. The van der Waals surface area contributed by atoms with Gasteiger partial charge in [0, 0.05) is 43.8 Å². The molecule has 0 spiro atoms. The van der Waals surface area contributed by atoms with E-state index in [4.69, 9.17) is 20.8 Å². The molecule has 35 heavy (non-hydrogen) atoms. The molecule has 0 unspecified atom stereocenters. The number of allylic oxidation sites excluding steroid dienone is 2. The Morgan fingerprint density at radius 3 is 2.57 bits per heavy atom. The number of hydrogen-bond acceptors (Lipinski definition) is 5. The maximum atomic E-state index is 6.41. The molecule has 2 aromatic carbocycles. The van der Waals surface area contributed by atoms with Crippen LogP contribution in [0.1, 0.15) is 19.7 Å². The summed E-state index contributed by atoms with van der Waals surface area (Å²) in [5, 5.41) is 0.759. The van der Waals surface area contributed by atoms with E-state index < -0.39 is 0 Å². The number of anilines is 2. The van der Waals surface area contributed by atoms with E-state index in [2.05, 4.69) is 69.5 Å². The third kappa shape index (κ3) is 5.38. The molecule has 0 N–H and O–H groups in total. The molecular formula is C27H32ClIN4O2. The second-order valence-corrected chi connectivity index (χ2v) is 8.96. The fraction of sp³-hybridized carbons (Fsp3) is 0.370. The van der Waals surface area contributed by atoms with Crippen molar-refractivity contribution in [2.45, 2.75) is 20.4 Å². The first-order valence-electron chi connectivity index (χ1n) is 12.1. The molecular weight excluding hydrogens is 575 g/mol. The summed E-state index contributed by atoms with van der Waals surface area (Å²) in [5.41, 5.74) is 4.37. The number of para-hydroxylation sites is 2. The van der Waals surface area contributed by atoms with E-state index in [1.54, 1.807) is 0 Å². The Bertz CT molecular complexity index is 1220. The lowest BCUT2D eigenvalue weighted by Crippen LogP contribution is -3.00. The average Bonchev–Trinajstić information content (AvgIpc) is 3.37. The van der Waals surface area contributed by atoms with Crippen molar-refractivity contribution in [2.24, 2.45) is 0 Å². The van der Waals surface area contributed by atoms with Crippen molar-refractivity contribution in [3.05, 3.63) is 71.4 Å². The minimum Gasteiger partial charge on any atom is -1.00 e. The summed E-state index contributed by atoms with van der Waals surface area (Å²) >= 11 is 6.41. The van der Waals surface area contributed by atoms with Gasteiger partial charge in [-0.05, 0) is 50.3 Å². The number of oxazole rings is 1. The van der Waals surface area contributed by atoms with Gasteiger partial charge in [-0.15, -0.1) is 0 Å². The lowest BCUT2D eigenvalue weighted by molar-refractivity contribution is -0.674. The topological polar surface area (TPSA) is 36.0 Å². The van der Waals surface area contributed by atoms with Gasteiger partial charge < -0.3 is 42.9 Å². The summed E-state index contributed by atoms with van der Waals surface area (Å²) in [7, 11) is 0. The Labute approximate surface area is 229 Å². The van der Waals surface area contributed by atoms with Crippen LogP contribution < -0.4 is 38.3 Å². The number of ether oxygens (including phenoxy) is 1. The normalized spacial score (nSPS) is 17.5. The van der Waals surface area contributed by atoms with Gasteiger partial charge in [-0.1, -0.05) is 23.7 Å². The SMILES string of the molecule is CCN1/C(=C\C=C\c2oc3ccccc3[n+]2CC)N(CCN2CCOCC2)c2cc(Cl)ccc21.[I-]. The molecule has 3 aromatic rings. The molecule has 5 rings (SSSR count). The van der Waals surface area contributed by atoms with E-state index in [0.29, 0.717) is 0 Å². The summed E-state index contributed by atoms with van der Waals surface area (Å²) < 4.78 is 13.8. The van der Waals surface area contributed by atoms with Crippen LogP contribution in [0.4, 0.5) is 11.4 Å². The molecule has 0 aliphatic carbocycles. The lowest BCUT2D eigenvalue weighted by atomic mass is 10.2. The van der Waals surface area contributed by atoms with Crippen LogP contribution in [-0.4, -0.2) is 50.8 Å². The molecule has 1 saturated heterocycles. The number of nitrogens with zero attached hydrogens (tertiary/aromatic N) is 4. The average molecular weight is 607 g/mol. The van der Waals surface area contributed by atoms with E-state index >= 15 is 0 Å². The van der Waals surface area contributed by atoms with Crippen LogP contribution in [0.2, 0.25) is 5.02 Å². The van der Waals surface area contributed by atoms with Crippen LogP contribution in [0.15, 0.2) is 64.9 Å². The van der Waals surface area contributed by atoms with Gasteiger partial charge in [-0.2, -0.15) is 4.57 Å². The van der Waals surface area contributed by atoms with E-state index in [1.807, 2.05) is 24.3 Å². The first-order valence-corrected chi connectivity index (χ1v) is 12.5. The lowest BCUT2D eigenvalue weighted by Gasteiger charge is -2.30. The van der Waals surface area contributed by atoms with Gasteiger partial charge in [0.1, 0.15) is 12.4 Å². The van der Waals surface area contributed by atoms with E-state index in [-0.39, 0.29) is 24.0 Å². The largest absolute Gasteiger partial charge is 1.00 e. The number of benzene rings is 2. The maximum Gasteiger partial charge on any atom is 0.374 e. The van der Waals surface area contributed by atoms with E-state index in [1.165, 1.54) is 5.69 Å². The number of aryl methyl sites for hydroxylation is 1. The Morgan fingerprint density at radius 1 is 1.00 bits per heavy atom. The Kier molecular flexibility index (Phi) is 8.75. The highest BCUT2D eigenvalue weighted by Gasteiger charge is 2.30. The third-order valence-electron chi connectivity index (χ3n) is 6.57. The van der Waals surface area contributed by atoms with Gasteiger partial charge in [0.05, 0.1) is 30.7 Å². The molecule has 2 aliphatic heterocycles. The molecule has 1 fully saturated rings. The molecule has 186 valence electrons. The number of rotatable bonds is 7. The highest BCUT2D eigenvalue weighted by Crippen LogP contribution is 2.42. The fourth-order valence-corrected chi connectivity index (χ4v) is 5.03. The Hall–Kier alpha value is -2.07. The highest BCUT2D eigenvalue weighted by atomic mass is 127. The quantitative estimate of drug-likeness (QED) is 0.304. The summed E-state index contributed by atoms with van der Waals surface area (Å²) in [4.78, 5) is 7.20. The predicted octanol–water partition coefficient (Wildman–Crippen LogP) is 1.93. The zero-order chi connectivity index (χ0) is 23.5. The molecule has 8 heteroatoms. The molecule has 2 aliphatic rings. The van der Waals surface area contributed by atoms with Gasteiger partial charge in [0.2, 0.25) is 5.58 Å². The van der Waals surface area contributed by atoms with Crippen LogP contribution in [0.25, 0.3) is 17.2 Å². The van der Waals surface area contributed by atoms with E-state index in [9.17, 15) is 0 Å². The monoisotopic (exact) mass is 606 g/mol. The Morgan fingerprint density at radius 2 is 1.80 bits per heavy atom. The van der Waals surface area contributed by atoms with Gasteiger partial charge in [0.25, 0.3) is 5.52 Å². The van der Waals surface area contributed by atoms with Crippen LogP contribution in [-0.2, 0) is 11.3 Å². The molecule has 0 bridgehead atoms. The smallest absolute Gasteiger partial charge is 0.374 e. The standard InChI is InChI=1S/C27H32ClN4O2.HI/c1-3-30-22-13-12-21(28)20-24(22)32(15-14-29-16-18-33-19-17-29)26(30)10-7-11-27-31(4-2)23-8-5-6-9-25(23)34-27;/h5-13,20H,3-4,14-19H2,1-2H3;1H/q+1;/p-1. The second kappa shape index (κ2) is 11.8. The van der Waals surface area contributed by atoms with Crippen LogP contribution >= 0.6 is 11.6 Å². The summed E-state index contributed by atoms with van der Waals surface area (Å²) in [5.74, 6) is 2.01. The third-order valence-corrected chi connectivity index (χ3v) is 6.80. The number of halogens is 2. The van der Waals surface area contributed by atoms with Crippen LogP contribution in [0, 0.1) is 0 Å². The summed E-state index contributed by atoms with van der Waals surface area (Å²) in [6.45, 7) is 11.5. The van der Waals surface area contributed by atoms with Crippen molar-refractivity contribution < 1.29 is 37.7 Å². The van der Waals surface area contributed by atoms with Crippen molar-refractivity contribution in [3.63, 3.8) is 0 Å². The van der Waals surface area contributed by atoms with Crippen molar-refractivity contribution in [3.8, 4) is 0 Å². The van der Waals surface area contributed by atoms with Crippen LogP contribution in [0.3, 0.4) is 0 Å². The van der Waals surface area contributed by atoms with Crippen LogP contribution in [0.5, 0.6) is 0 Å². The zero-order valence-corrected chi connectivity index (χ0v) is 23.2. The minimum atomic E-state index is 0. The Balaban J connectivity index is 0.00000289. The summed E-state index contributed by atoms with van der Waals surface area (Å²) in [6.07, 6.45) is 6.33. The molecule has 0 saturated carbocycles. The first-order chi connectivity index (χ1) is 16.7. The first kappa shape index (κ1) is 26.0. The highest BCUT2D eigenvalue weighted by molar-refractivity contribution is 6.31. The fourth-order valence-electron chi connectivity index (χ4n) is 4.87. The van der Waals surface area contributed by atoms with Crippen molar-refractivity contribution in [1.82, 2.24) is 4.90 Å². The molecule has 0 amide bonds. The predicted molar refractivity (Wildman–Crippen MR) is 138 cm³/mol. The van der Waals surface area contributed by atoms with Gasteiger partial charge in [-0.3, -0.25) is 4.90 Å². The number of fused-ring (bicyclic) bond motifs is 2. The van der Waals surface area contributed by atoms with Gasteiger partial charge in [-0.25, -0.2) is 0 Å². The van der Waals surface area contributed by atoms with E-state index in [0.717, 1.165) is 86.0 Å².